The molecule has 5 heterocycles. The highest BCUT2D eigenvalue weighted by Gasteiger charge is 2.27. The average Bonchev–Trinajstić information content (AvgIpc) is 3.41. The van der Waals surface area contributed by atoms with E-state index in [1.807, 2.05) is 44.6 Å². The molecule has 0 saturated heterocycles. The van der Waals surface area contributed by atoms with Crippen molar-refractivity contribution in [3.63, 3.8) is 0 Å². The zero-order valence-electron chi connectivity index (χ0n) is 22.1. The molecule has 0 bridgehead atoms. The summed E-state index contributed by atoms with van der Waals surface area (Å²) in [7, 11) is 0. The molecule has 0 saturated carbocycles. The van der Waals surface area contributed by atoms with Crippen LogP contribution in [0.2, 0.25) is 5.02 Å². The van der Waals surface area contributed by atoms with Crippen molar-refractivity contribution < 1.29 is 23.8 Å². The van der Waals surface area contributed by atoms with Crippen molar-refractivity contribution in [2.45, 2.75) is 64.8 Å². The van der Waals surface area contributed by atoms with E-state index in [4.69, 9.17) is 26.2 Å². The molecule has 1 aliphatic heterocycles. The number of pyridine rings is 2. The molecule has 4 aromatic heterocycles. The molecule has 2 unspecified atom stereocenters. The molecule has 0 aromatic carbocycles. The van der Waals surface area contributed by atoms with E-state index in [1.165, 1.54) is 18.3 Å². The van der Waals surface area contributed by atoms with Crippen molar-refractivity contribution in [3.05, 3.63) is 64.6 Å². The lowest BCUT2D eigenvalue weighted by Crippen LogP contribution is -2.43. The fourth-order valence-corrected chi connectivity index (χ4v) is 4.86. The summed E-state index contributed by atoms with van der Waals surface area (Å²) < 4.78 is 28.2. The maximum absolute atomic E-state index is 13.2. The number of aromatic nitrogens is 5. The maximum Gasteiger partial charge on any atom is 0.407 e. The lowest BCUT2D eigenvalue weighted by Gasteiger charge is -2.27. The molecular formula is C27H30ClFN6O4. The minimum atomic E-state index is -1.08. The van der Waals surface area contributed by atoms with Gasteiger partial charge in [0, 0.05) is 36.5 Å². The Bertz CT molecular complexity index is 1510. The number of hydrogen-bond acceptors (Lipinski definition) is 7. The molecule has 5 rings (SSSR count). The highest BCUT2D eigenvalue weighted by Crippen LogP contribution is 2.35. The van der Waals surface area contributed by atoms with E-state index in [0.717, 1.165) is 35.1 Å². The third-order valence-electron chi connectivity index (χ3n) is 6.46. The first kappa shape index (κ1) is 26.9. The highest BCUT2D eigenvalue weighted by molar-refractivity contribution is 6.34. The topological polar surface area (TPSA) is 116 Å². The first-order chi connectivity index (χ1) is 18.5. The summed E-state index contributed by atoms with van der Waals surface area (Å²) in [6, 6.07) is 4.38. The molecule has 2 atom stereocenters. The van der Waals surface area contributed by atoms with E-state index in [1.54, 1.807) is 4.52 Å². The Morgan fingerprint density at radius 1 is 1.33 bits per heavy atom. The largest absolute Gasteiger partial charge is 0.488 e. The van der Waals surface area contributed by atoms with Crippen LogP contribution in [-0.2, 0) is 17.7 Å². The van der Waals surface area contributed by atoms with Crippen molar-refractivity contribution in [3.8, 4) is 17.0 Å². The van der Waals surface area contributed by atoms with Gasteiger partial charge in [0.2, 0.25) is 0 Å². The van der Waals surface area contributed by atoms with Gasteiger partial charge in [-0.3, -0.25) is 9.67 Å². The lowest BCUT2D eigenvalue weighted by atomic mass is 9.99. The highest BCUT2D eigenvalue weighted by atomic mass is 35.5. The number of hydrogen-bond donors (Lipinski definition) is 2. The maximum atomic E-state index is 13.2. The molecule has 1 amide bonds. The van der Waals surface area contributed by atoms with Crippen molar-refractivity contribution in [2.75, 3.05) is 6.61 Å². The summed E-state index contributed by atoms with van der Waals surface area (Å²) in [5.74, 6) is -0.0802. The number of carbonyl (C=O) groups excluding carboxylic acids is 1. The van der Waals surface area contributed by atoms with Crippen LogP contribution in [0, 0.1) is 12.7 Å². The Balaban J connectivity index is 1.39. The summed E-state index contributed by atoms with van der Waals surface area (Å²) in [6.45, 7) is 8.01. The number of alkyl carbamates (subject to hydrolysis) is 1. The Hall–Kier alpha value is -3.70. The van der Waals surface area contributed by atoms with Crippen LogP contribution < -0.4 is 10.1 Å². The number of carbonyl (C=O) groups is 1. The van der Waals surface area contributed by atoms with Gasteiger partial charge in [-0.25, -0.2) is 13.7 Å². The van der Waals surface area contributed by atoms with Gasteiger partial charge in [-0.15, -0.1) is 0 Å². The zero-order valence-corrected chi connectivity index (χ0v) is 22.9. The van der Waals surface area contributed by atoms with Gasteiger partial charge in [-0.05, 0) is 57.9 Å². The number of aryl methyl sites for hydroxylation is 1. The van der Waals surface area contributed by atoms with Gasteiger partial charge in [0.15, 0.2) is 0 Å². The molecule has 0 fully saturated rings. The fourth-order valence-electron chi connectivity index (χ4n) is 4.64. The van der Waals surface area contributed by atoms with Crippen LogP contribution in [0.15, 0.2) is 36.8 Å². The van der Waals surface area contributed by atoms with Crippen molar-refractivity contribution in [1.29, 1.82) is 0 Å². The number of aliphatic hydroxyl groups excluding tert-OH is 1. The van der Waals surface area contributed by atoms with Crippen LogP contribution in [0.4, 0.5) is 9.18 Å². The van der Waals surface area contributed by atoms with E-state index in [-0.39, 0.29) is 18.3 Å². The number of ether oxygens (including phenoxy) is 2. The number of rotatable bonds is 6. The van der Waals surface area contributed by atoms with Gasteiger partial charge >= 0.3 is 6.09 Å². The van der Waals surface area contributed by atoms with Gasteiger partial charge in [0.25, 0.3) is 0 Å². The SMILES string of the molecule is Cc1c(-c2cc(OCC(O)c3ccc(F)cn3)c3c(Cl)cnn3c2)nn2c1CC(NC(=O)OC(C)(C)C)CC2. The third-order valence-corrected chi connectivity index (χ3v) is 6.74. The number of halogens is 2. The molecule has 39 heavy (non-hydrogen) atoms. The molecule has 206 valence electrons. The Labute approximate surface area is 229 Å². The summed E-state index contributed by atoms with van der Waals surface area (Å²) in [5.41, 5.74) is 3.77. The third kappa shape index (κ3) is 5.84. The second-order valence-electron chi connectivity index (χ2n) is 10.6. The van der Waals surface area contributed by atoms with E-state index >= 15 is 0 Å². The second kappa shape index (κ2) is 10.5. The summed E-state index contributed by atoms with van der Waals surface area (Å²) in [4.78, 5) is 16.2. The quantitative estimate of drug-likeness (QED) is 0.355. The molecule has 0 aliphatic carbocycles. The summed E-state index contributed by atoms with van der Waals surface area (Å²) in [5, 5.41) is 23.1. The van der Waals surface area contributed by atoms with Crippen molar-refractivity contribution in [2.24, 2.45) is 0 Å². The van der Waals surface area contributed by atoms with Crippen LogP contribution in [-0.4, -0.2) is 53.8 Å². The minimum Gasteiger partial charge on any atom is -0.488 e. The number of nitrogens with zero attached hydrogens (tertiary/aromatic N) is 5. The first-order valence-electron chi connectivity index (χ1n) is 12.6. The number of nitrogens with one attached hydrogen (secondary N) is 1. The predicted octanol–water partition coefficient (Wildman–Crippen LogP) is 4.65. The van der Waals surface area contributed by atoms with Gasteiger partial charge in [0.1, 0.15) is 35.4 Å². The summed E-state index contributed by atoms with van der Waals surface area (Å²) >= 11 is 6.39. The molecule has 4 aromatic rings. The predicted molar refractivity (Wildman–Crippen MR) is 142 cm³/mol. The van der Waals surface area contributed by atoms with Crippen LogP contribution >= 0.6 is 11.6 Å². The number of amides is 1. The smallest absolute Gasteiger partial charge is 0.407 e. The normalized spacial score (nSPS) is 16.1. The van der Waals surface area contributed by atoms with Gasteiger partial charge in [-0.2, -0.15) is 10.2 Å². The van der Waals surface area contributed by atoms with Crippen LogP contribution in [0.3, 0.4) is 0 Å². The van der Waals surface area contributed by atoms with Gasteiger partial charge in [-0.1, -0.05) is 11.6 Å². The molecule has 0 spiro atoms. The Morgan fingerprint density at radius 3 is 2.85 bits per heavy atom. The Morgan fingerprint density at radius 2 is 2.13 bits per heavy atom. The molecule has 1 aliphatic rings. The standard InChI is InChI=1S/C27H30ClFN6O4/c1-15-21-10-18(32-26(37)39-27(2,3)4)7-8-34(21)33-24(15)16-9-23(25-19(28)12-31-35(25)13-16)38-14-22(36)20-6-5-17(29)11-30-20/h5-6,9,11-13,18,22,36H,7-8,10,14H2,1-4H3,(H,32,37). The molecule has 10 nitrogen and oxygen atoms in total. The molecule has 0 radical (unpaired) electrons. The minimum absolute atomic E-state index is 0.0662. The van der Waals surface area contributed by atoms with E-state index in [9.17, 15) is 14.3 Å². The van der Waals surface area contributed by atoms with Gasteiger partial charge in [0.05, 0.1) is 28.8 Å². The Kier molecular flexibility index (Phi) is 7.21. The zero-order chi connectivity index (χ0) is 27.9. The first-order valence-corrected chi connectivity index (χ1v) is 13.0. The average molecular weight is 557 g/mol. The fraction of sp³-hybridized carbons (Fsp3) is 0.407. The monoisotopic (exact) mass is 556 g/mol. The number of aliphatic hydroxyl groups is 1. The number of fused-ring (bicyclic) bond motifs is 2. The van der Waals surface area contributed by atoms with E-state index in [0.29, 0.717) is 29.3 Å². The van der Waals surface area contributed by atoms with E-state index in [2.05, 4.69) is 15.4 Å². The van der Waals surface area contributed by atoms with Crippen molar-refractivity contribution >= 4 is 23.2 Å². The molecule has 12 heteroatoms. The van der Waals surface area contributed by atoms with Crippen molar-refractivity contribution in [1.82, 2.24) is 29.7 Å². The summed E-state index contributed by atoms with van der Waals surface area (Å²) in [6.07, 6.45) is 4.22. The van der Waals surface area contributed by atoms with Crippen LogP contribution in [0.5, 0.6) is 5.75 Å². The lowest BCUT2D eigenvalue weighted by molar-refractivity contribution is 0.0496. The van der Waals surface area contributed by atoms with E-state index < -0.39 is 23.6 Å². The van der Waals surface area contributed by atoms with Crippen LogP contribution in [0.1, 0.15) is 50.2 Å². The molecular weight excluding hydrogens is 527 g/mol. The van der Waals surface area contributed by atoms with Gasteiger partial charge < -0.3 is 19.9 Å². The molecule has 2 N–H and O–H groups in total. The van der Waals surface area contributed by atoms with Crippen LogP contribution in [0.25, 0.3) is 16.8 Å². The second-order valence-corrected chi connectivity index (χ2v) is 11.0.